The largest absolute Gasteiger partial charge is 0.305 e. The van der Waals surface area contributed by atoms with Crippen LogP contribution in [-0.4, -0.2) is 11.1 Å². The number of halogens is 2. The first-order valence-electron chi connectivity index (χ1n) is 5.55. The Morgan fingerprint density at radius 1 is 1.30 bits per heavy atom. The number of nitro groups is 1. The van der Waals surface area contributed by atoms with Crippen molar-refractivity contribution in [1.29, 1.82) is 0 Å². The van der Waals surface area contributed by atoms with Gasteiger partial charge in [0.2, 0.25) is 5.82 Å². The maximum Gasteiger partial charge on any atom is 0.305 e. The maximum absolute atomic E-state index is 13.5. The van der Waals surface area contributed by atoms with Crippen LogP contribution < -0.4 is 5.43 Å². The third kappa shape index (κ3) is 3.39. The first-order valence-corrected chi connectivity index (χ1v) is 6.35. The molecule has 0 aliphatic heterocycles. The molecule has 0 spiro atoms. The number of anilines is 1. The highest BCUT2D eigenvalue weighted by atomic mass is 79.9. The summed E-state index contributed by atoms with van der Waals surface area (Å²) < 4.78 is 13.9. The van der Waals surface area contributed by atoms with Gasteiger partial charge in [0.15, 0.2) is 0 Å². The molecule has 7 heteroatoms. The second kappa shape index (κ2) is 6.25. The molecule has 0 aliphatic rings. The normalized spacial score (nSPS) is 10.7. The Bertz CT molecular complexity index is 662. The zero-order chi connectivity index (χ0) is 14.5. The van der Waals surface area contributed by atoms with E-state index in [2.05, 4.69) is 26.5 Å². The summed E-state index contributed by atoms with van der Waals surface area (Å²) >= 11 is 3.15. The topological polar surface area (TPSA) is 67.5 Å². The molecule has 2 aromatic carbocycles. The molecule has 0 amide bonds. The molecule has 0 fully saturated rings. The van der Waals surface area contributed by atoms with Crippen molar-refractivity contribution >= 4 is 33.5 Å². The van der Waals surface area contributed by atoms with Crippen molar-refractivity contribution in [3.8, 4) is 0 Å². The highest BCUT2D eigenvalue weighted by molar-refractivity contribution is 9.10. The van der Waals surface area contributed by atoms with Gasteiger partial charge in [-0.25, -0.2) is 0 Å². The summed E-state index contributed by atoms with van der Waals surface area (Å²) in [5.74, 6) is -0.903. The van der Waals surface area contributed by atoms with E-state index in [1.165, 1.54) is 6.21 Å². The number of nitrogens with one attached hydrogen (secondary N) is 1. The van der Waals surface area contributed by atoms with Crippen molar-refractivity contribution < 1.29 is 9.31 Å². The monoisotopic (exact) mass is 337 g/mol. The summed E-state index contributed by atoms with van der Waals surface area (Å²) in [7, 11) is 0. The molecule has 0 aromatic heterocycles. The molecule has 0 radical (unpaired) electrons. The summed E-state index contributed by atoms with van der Waals surface area (Å²) in [5.41, 5.74) is 3.37. The van der Waals surface area contributed by atoms with Crippen molar-refractivity contribution in [2.75, 3.05) is 5.43 Å². The van der Waals surface area contributed by atoms with Gasteiger partial charge in [-0.2, -0.15) is 9.49 Å². The highest BCUT2D eigenvalue weighted by Crippen LogP contribution is 2.25. The van der Waals surface area contributed by atoms with Crippen LogP contribution in [0.15, 0.2) is 52.0 Å². The van der Waals surface area contributed by atoms with E-state index in [1.807, 2.05) is 30.3 Å². The zero-order valence-electron chi connectivity index (χ0n) is 10.1. The summed E-state index contributed by atoms with van der Waals surface area (Å²) in [6, 6.07) is 11.4. The van der Waals surface area contributed by atoms with Gasteiger partial charge in [-0.05, 0) is 34.1 Å². The summed E-state index contributed by atoms with van der Waals surface area (Å²) in [4.78, 5) is 9.81. The van der Waals surface area contributed by atoms with Crippen LogP contribution in [-0.2, 0) is 0 Å². The fraction of sp³-hybridized carbons (Fsp3) is 0. The SMILES string of the molecule is O=[N+]([O-])c1cc(Br)c(C=NNc2ccccc2)cc1F. The van der Waals surface area contributed by atoms with E-state index >= 15 is 0 Å². The third-order valence-electron chi connectivity index (χ3n) is 2.43. The van der Waals surface area contributed by atoms with Gasteiger partial charge in [0, 0.05) is 16.1 Å². The van der Waals surface area contributed by atoms with Gasteiger partial charge in [0.25, 0.3) is 0 Å². The summed E-state index contributed by atoms with van der Waals surface area (Å²) in [6.07, 6.45) is 1.38. The average Bonchev–Trinajstić information content (AvgIpc) is 2.43. The summed E-state index contributed by atoms with van der Waals surface area (Å²) in [5, 5.41) is 14.5. The Morgan fingerprint density at radius 2 is 2.00 bits per heavy atom. The van der Waals surface area contributed by atoms with Crippen LogP contribution >= 0.6 is 15.9 Å². The lowest BCUT2D eigenvalue weighted by molar-refractivity contribution is -0.387. The molecule has 2 aromatic rings. The molecule has 0 saturated heterocycles. The number of para-hydroxylation sites is 1. The predicted octanol–water partition coefficient (Wildman–Crippen LogP) is 3.94. The number of nitrogens with zero attached hydrogens (tertiary/aromatic N) is 2. The van der Waals surface area contributed by atoms with Gasteiger partial charge in [-0.1, -0.05) is 18.2 Å². The molecule has 0 unspecified atom stereocenters. The Kier molecular flexibility index (Phi) is 4.41. The molecule has 0 atom stereocenters. The third-order valence-corrected chi connectivity index (χ3v) is 3.12. The minimum Gasteiger partial charge on any atom is -0.279 e. The van der Waals surface area contributed by atoms with Gasteiger partial charge in [0.05, 0.1) is 16.8 Å². The van der Waals surface area contributed by atoms with Crippen molar-refractivity contribution in [3.05, 3.63) is 68.4 Å². The van der Waals surface area contributed by atoms with Crippen molar-refractivity contribution in [2.24, 2.45) is 5.10 Å². The van der Waals surface area contributed by atoms with Crippen LogP contribution in [0.1, 0.15) is 5.56 Å². The van der Waals surface area contributed by atoms with E-state index in [0.717, 1.165) is 17.8 Å². The lowest BCUT2D eigenvalue weighted by Gasteiger charge is -2.01. The first kappa shape index (κ1) is 14.1. The second-order valence-corrected chi connectivity index (χ2v) is 4.67. The maximum atomic E-state index is 13.5. The Morgan fingerprint density at radius 3 is 2.65 bits per heavy atom. The number of hydrazone groups is 1. The molecule has 1 N–H and O–H groups in total. The van der Waals surface area contributed by atoms with Crippen LogP contribution in [0.3, 0.4) is 0 Å². The Balaban J connectivity index is 2.18. The average molecular weight is 338 g/mol. The zero-order valence-corrected chi connectivity index (χ0v) is 11.7. The summed E-state index contributed by atoms with van der Waals surface area (Å²) in [6.45, 7) is 0. The van der Waals surface area contributed by atoms with E-state index < -0.39 is 16.4 Å². The van der Waals surface area contributed by atoms with Gasteiger partial charge < -0.3 is 0 Å². The van der Waals surface area contributed by atoms with Gasteiger partial charge >= 0.3 is 5.69 Å². The van der Waals surface area contributed by atoms with Crippen molar-refractivity contribution in [2.45, 2.75) is 0 Å². The molecule has 20 heavy (non-hydrogen) atoms. The fourth-order valence-electron chi connectivity index (χ4n) is 1.48. The molecule has 0 heterocycles. The molecule has 102 valence electrons. The van der Waals surface area contributed by atoms with E-state index in [-0.39, 0.29) is 0 Å². The smallest absolute Gasteiger partial charge is 0.279 e. The number of hydrogen-bond acceptors (Lipinski definition) is 4. The van der Waals surface area contributed by atoms with Gasteiger partial charge in [-0.15, -0.1) is 0 Å². The lowest BCUT2D eigenvalue weighted by Crippen LogP contribution is -1.96. The van der Waals surface area contributed by atoms with E-state index in [4.69, 9.17) is 0 Å². The minimum atomic E-state index is -0.903. The number of benzene rings is 2. The first-order chi connectivity index (χ1) is 9.58. The molecular formula is C13H9BrFN3O2. The molecular weight excluding hydrogens is 329 g/mol. The minimum absolute atomic E-state index is 0.393. The van der Waals surface area contributed by atoms with E-state index in [1.54, 1.807) is 0 Å². The quantitative estimate of drug-likeness (QED) is 0.522. The second-order valence-electron chi connectivity index (χ2n) is 3.82. The van der Waals surface area contributed by atoms with Gasteiger partial charge in [-0.3, -0.25) is 15.5 Å². The number of rotatable bonds is 4. The molecule has 0 bridgehead atoms. The lowest BCUT2D eigenvalue weighted by atomic mass is 10.2. The Hall–Kier alpha value is -2.28. The highest BCUT2D eigenvalue weighted by Gasteiger charge is 2.16. The van der Waals surface area contributed by atoms with Crippen molar-refractivity contribution in [3.63, 3.8) is 0 Å². The van der Waals surface area contributed by atoms with Crippen LogP contribution in [0.5, 0.6) is 0 Å². The van der Waals surface area contributed by atoms with Crippen LogP contribution in [0.4, 0.5) is 15.8 Å². The van der Waals surface area contributed by atoms with Crippen LogP contribution in [0.2, 0.25) is 0 Å². The van der Waals surface area contributed by atoms with Crippen LogP contribution in [0, 0.1) is 15.9 Å². The van der Waals surface area contributed by atoms with E-state index in [9.17, 15) is 14.5 Å². The molecule has 5 nitrogen and oxygen atoms in total. The predicted molar refractivity (Wildman–Crippen MR) is 78.4 cm³/mol. The van der Waals surface area contributed by atoms with Gasteiger partial charge in [0.1, 0.15) is 0 Å². The van der Waals surface area contributed by atoms with Crippen molar-refractivity contribution in [1.82, 2.24) is 0 Å². The molecule has 0 aliphatic carbocycles. The molecule has 0 saturated carbocycles. The standard InChI is InChI=1S/C13H9BrFN3O2/c14-11-7-13(18(19)20)12(15)6-9(11)8-16-17-10-4-2-1-3-5-10/h1-8,17H. The number of nitro benzene ring substituents is 1. The van der Waals surface area contributed by atoms with Crippen LogP contribution in [0.25, 0.3) is 0 Å². The Labute approximate surface area is 122 Å². The fourth-order valence-corrected chi connectivity index (χ4v) is 1.91. The number of hydrogen-bond donors (Lipinski definition) is 1. The van der Waals surface area contributed by atoms with E-state index in [0.29, 0.717) is 10.0 Å². The molecule has 2 rings (SSSR count).